The van der Waals surface area contributed by atoms with E-state index < -0.39 is 5.54 Å². The third-order valence-corrected chi connectivity index (χ3v) is 3.95. The van der Waals surface area contributed by atoms with E-state index in [-0.39, 0.29) is 5.91 Å². The lowest BCUT2D eigenvalue weighted by Crippen LogP contribution is -2.56. The van der Waals surface area contributed by atoms with Crippen molar-refractivity contribution in [3.8, 4) is 5.69 Å². The van der Waals surface area contributed by atoms with Gasteiger partial charge in [0.1, 0.15) is 0 Å². The molecule has 2 heterocycles. The van der Waals surface area contributed by atoms with Crippen LogP contribution < -0.4 is 11.1 Å². The van der Waals surface area contributed by atoms with Crippen LogP contribution >= 0.6 is 0 Å². The lowest BCUT2D eigenvalue weighted by atomic mass is 9.90. The number of aromatic nitrogens is 2. The van der Waals surface area contributed by atoms with Gasteiger partial charge in [0.05, 0.1) is 17.4 Å². The predicted molar refractivity (Wildman–Crippen MR) is 82.4 cm³/mol. The van der Waals surface area contributed by atoms with Crippen LogP contribution in [0.4, 0.5) is 0 Å². The maximum absolute atomic E-state index is 12.3. The van der Waals surface area contributed by atoms with Gasteiger partial charge in [-0.3, -0.25) is 4.79 Å². The fourth-order valence-electron chi connectivity index (χ4n) is 2.49. The van der Waals surface area contributed by atoms with Gasteiger partial charge < -0.3 is 15.8 Å². The van der Waals surface area contributed by atoms with Gasteiger partial charge in [-0.2, -0.15) is 5.10 Å². The molecule has 22 heavy (non-hydrogen) atoms. The normalized spacial score (nSPS) is 17.1. The average molecular weight is 300 g/mol. The second-order valence-corrected chi connectivity index (χ2v) is 5.58. The standard InChI is InChI=1S/C16H20N4O2/c17-16(6-8-22-9-7-16)15(21)18-10-13-11-19-20(12-13)14-4-2-1-3-5-14/h1-5,11-12H,6-10,17H2,(H,18,21). The minimum absolute atomic E-state index is 0.122. The zero-order chi connectivity index (χ0) is 15.4. The van der Waals surface area contributed by atoms with Gasteiger partial charge in [-0.15, -0.1) is 0 Å². The Hall–Kier alpha value is -2.18. The highest BCUT2D eigenvalue weighted by Gasteiger charge is 2.35. The van der Waals surface area contributed by atoms with E-state index in [0.717, 1.165) is 11.3 Å². The monoisotopic (exact) mass is 300 g/mol. The molecule has 0 radical (unpaired) electrons. The molecule has 0 saturated carbocycles. The minimum Gasteiger partial charge on any atom is -0.381 e. The van der Waals surface area contributed by atoms with Gasteiger partial charge in [0, 0.05) is 31.5 Å². The van der Waals surface area contributed by atoms with Crippen LogP contribution in [0.15, 0.2) is 42.7 Å². The molecule has 1 aromatic carbocycles. The Morgan fingerprint density at radius 1 is 1.32 bits per heavy atom. The average Bonchev–Trinajstić information content (AvgIpc) is 3.03. The number of nitrogens with zero attached hydrogens (tertiary/aromatic N) is 2. The van der Waals surface area contributed by atoms with Crippen LogP contribution in [0.3, 0.4) is 0 Å². The number of nitrogens with one attached hydrogen (secondary N) is 1. The van der Waals surface area contributed by atoms with Crippen LogP contribution in [-0.4, -0.2) is 34.4 Å². The van der Waals surface area contributed by atoms with Crippen molar-refractivity contribution >= 4 is 5.91 Å². The van der Waals surface area contributed by atoms with Crippen molar-refractivity contribution in [2.75, 3.05) is 13.2 Å². The maximum atomic E-state index is 12.3. The molecule has 1 fully saturated rings. The lowest BCUT2D eigenvalue weighted by Gasteiger charge is -2.31. The molecule has 0 aliphatic carbocycles. The molecule has 2 aromatic rings. The van der Waals surface area contributed by atoms with Crippen molar-refractivity contribution in [1.82, 2.24) is 15.1 Å². The van der Waals surface area contributed by atoms with Gasteiger partial charge in [0.2, 0.25) is 5.91 Å². The Labute approximate surface area is 129 Å². The van der Waals surface area contributed by atoms with Gasteiger partial charge >= 0.3 is 0 Å². The Morgan fingerprint density at radius 2 is 2.05 bits per heavy atom. The van der Waals surface area contributed by atoms with Crippen LogP contribution in [0, 0.1) is 0 Å². The van der Waals surface area contributed by atoms with Crippen LogP contribution in [0.5, 0.6) is 0 Å². The van der Waals surface area contributed by atoms with E-state index in [1.54, 1.807) is 10.9 Å². The molecule has 0 unspecified atom stereocenters. The van der Waals surface area contributed by atoms with Crippen LogP contribution in [-0.2, 0) is 16.1 Å². The highest BCUT2D eigenvalue weighted by Crippen LogP contribution is 2.18. The van der Waals surface area contributed by atoms with Crippen molar-refractivity contribution in [2.45, 2.75) is 24.9 Å². The summed E-state index contributed by atoms with van der Waals surface area (Å²) in [6.07, 6.45) is 4.77. The third kappa shape index (κ3) is 3.18. The molecule has 1 amide bonds. The highest BCUT2D eigenvalue weighted by molar-refractivity contribution is 5.86. The molecule has 0 atom stereocenters. The summed E-state index contributed by atoms with van der Waals surface area (Å²) in [5, 5.41) is 7.21. The number of hydrogen-bond acceptors (Lipinski definition) is 4. The van der Waals surface area contributed by atoms with Gasteiger partial charge in [-0.1, -0.05) is 18.2 Å². The molecule has 116 valence electrons. The Bertz CT molecular complexity index is 633. The molecular weight excluding hydrogens is 280 g/mol. The van der Waals surface area contributed by atoms with E-state index >= 15 is 0 Å². The number of carbonyl (C=O) groups excluding carboxylic acids is 1. The van der Waals surface area contributed by atoms with Crippen LogP contribution in [0.2, 0.25) is 0 Å². The zero-order valence-corrected chi connectivity index (χ0v) is 12.4. The second kappa shape index (κ2) is 6.29. The first-order chi connectivity index (χ1) is 10.7. The molecule has 1 aliphatic rings. The fraction of sp³-hybridized carbons (Fsp3) is 0.375. The second-order valence-electron chi connectivity index (χ2n) is 5.58. The van der Waals surface area contributed by atoms with E-state index in [9.17, 15) is 4.79 Å². The van der Waals surface area contributed by atoms with E-state index in [0.29, 0.717) is 32.6 Å². The molecule has 1 aliphatic heterocycles. The molecule has 3 rings (SSSR count). The topological polar surface area (TPSA) is 82.2 Å². The lowest BCUT2D eigenvalue weighted by molar-refractivity contribution is -0.129. The number of benzene rings is 1. The van der Waals surface area contributed by atoms with Crippen LogP contribution in [0.25, 0.3) is 5.69 Å². The number of nitrogens with two attached hydrogens (primary N) is 1. The van der Waals surface area contributed by atoms with Gasteiger partial charge in [0.25, 0.3) is 0 Å². The zero-order valence-electron chi connectivity index (χ0n) is 12.4. The summed E-state index contributed by atoms with van der Waals surface area (Å²) in [5.41, 5.74) is 7.26. The number of carbonyl (C=O) groups is 1. The molecule has 0 spiro atoms. The number of rotatable bonds is 4. The van der Waals surface area contributed by atoms with Crippen molar-refractivity contribution < 1.29 is 9.53 Å². The molecular formula is C16H20N4O2. The van der Waals surface area contributed by atoms with E-state index in [2.05, 4.69) is 10.4 Å². The van der Waals surface area contributed by atoms with Crippen molar-refractivity contribution in [2.24, 2.45) is 5.73 Å². The summed E-state index contributed by atoms with van der Waals surface area (Å²) < 4.78 is 7.04. The number of hydrogen-bond donors (Lipinski definition) is 2. The summed E-state index contributed by atoms with van der Waals surface area (Å²) in [5.74, 6) is -0.122. The summed E-state index contributed by atoms with van der Waals surface area (Å²) >= 11 is 0. The first-order valence-electron chi connectivity index (χ1n) is 7.41. The Morgan fingerprint density at radius 3 is 2.77 bits per heavy atom. The molecule has 1 saturated heterocycles. The summed E-state index contributed by atoms with van der Waals surface area (Å²) in [6, 6.07) is 9.84. The number of amides is 1. The number of para-hydroxylation sites is 1. The van der Waals surface area contributed by atoms with Gasteiger partial charge in [-0.25, -0.2) is 4.68 Å². The maximum Gasteiger partial charge on any atom is 0.240 e. The van der Waals surface area contributed by atoms with Crippen LogP contribution in [0.1, 0.15) is 18.4 Å². The fourth-order valence-corrected chi connectivity index (χ4v) is 2.49. The van der Waals surface area contributed by atoms with Gasteiger partial charge in [0.15, 0.2) is 0 Å². The molecule has 0 bridgehead atoms. The molecule has 6 heteroatoms. The Kier molecular flexibility index (Phi) is 4.22. The highest BCUT2D eigenvalue weighted by atomic mass is 16.5. The smallest absolute Gasteiger partial charge is 0.240 e. The van der Waals surface area contributed by atoms with E-state index in [1.807, 2.05) is 36.5 Å². The Balaban J connectivity index is 1.60. The SMILES string of the molecule is NC1(C(=O)NCc2cnn(-c3ccccc3)c2)CCOCC1. The summed E-state index contributed by atoms with van der Waals surface area (Å²) in [4.78, 5) is 12.3. The molecule has 1 aromatic heterocycles. The number of ether oxygens (including phenoxy) is 1. The largest absolute Gasteiger partial charge is 0.381 e. The van der Waals surface area contributed by atoms with E-state index in [4.69, 9.17) is 10.5 Å². The van der Waals surface area contributed by atoms with Crippen molar-refractivity contribution in [3.05, 3.63) is 48.3 Å². The van der Waals surface area contributed by atoms with Crippen molar-refractivity contribution in [3.63, 3.8) is 0 Å². The first-order valence-corrected chi connectivity index (χ1v) is 7.41. The first kappa shape index (κ1) is 14.7. The summed E-state index contributed by atoms with van der Waals surface area (Å²) in [7, 11) is 0. The quantitative estimate of drug-likeness (QED) is 0.882. The minimum atomic E-state index is -0.812. The third-order valence-electron chi connectivity index (χ3n) is 3.95. The summed E-state index contributed by atoms with van der Waals surface area (Å²) in [6.45, 7) is 1.50. The molecule has 3 N–H and O–H groups in total. The van der Waals surface area contributed by atoms with Crippen molar-refractivity contribution in [1.29, 1.82) is 0 Å². The predicted octanol–water partition coefficient (Wildman–Crippen LogP) is 0.996. The van der Waals surface area contributed by atoms with E-state index in [1.165, 1.54) is 0 Å². The molecule has 6 nitrogen and oxygen atoms in total. The van der Waals surface area contributed by atoms with Gasteiger partial charge in [-0.05, 0) is 25.0 Å².